The summed E-state index contributed by atoms with van der Waals surface area (Å²) in [5.74, 6) is -1.37. The lowest BCUT2D eigenvalue weighted by molar-refractivity contribution is -0.133. The molecule has 0 radical (unpaired) electrons. The molecule has 0 aromatic rings. The fraction of sp³-hybridized carbons (Fsp3) is 0.714. The molecule has 0 aliphatic rings. The summed E-state index contributed by atoms with van der Waals surface area (Å²) in [5.41, 5.74) is 0.0644. The van der Waals surface area contributed by atoms with Gasteiger partial charge in [-0.1, -0.05) is 20.8 Å². The van der Waals surface area contributed by atoms with Crippen molar-refractivity contribution in [2.24, 2.45) is 5.41 Å². The van der Waals surface area contributed by atoms with Gasteiger partial charge in [0.25, 0.3) is 0 Å². The Morgan fingerprint density at radius 2 is 1.44 bits per heavy atom. The average molecular weight is 255 g/mol. The van der Waals surface area contributed by atoms with Gasteiger partial charge in [-0.15, -0.1) is 0 Å². The van der Waals surface area contributed by atoms with E-state index in [9.17, 15) is 9.59 Å². The number of hydrogen-bond acceptors (Lipinski definition) is 2. The molecule has 1 amide bonds. The van der Waals surface area contributed by atoms with Crippen molar-refractivity contribution in [3.8, 4) is 0 Å². The summed E-state index contributed by atoms with van der Waals surface area (Å²) >= 11 is 0. The molecule has 0 saturated heterocycles. The number of carbonyl (C=O) groups is 2. The van der Waals surface area contributed by atoms with Crippen LogP contribution in [0.4, 0.5) is 0 Å². The van der Waals surface area contributed by atoms with Crippen molar-refractivity contribution in [1.82, 2.24) is 5.32 Å². The van der Waals surface area contributed by atoms with E-state index in [1.54, 1.807) is 0 Å². The minimum Gasteiger partial charge on any atom is -0.478 e. The van der Waals surface area contributed by atoms with E-state index in [-0.39, 0.29) is 28.0 Å². The Hall–Kier alpha value is -1.32. The molecule has 0 aromatic carbocycles. The van der Waals surface area contributed by atoms with Crippen LogP contribution in [0.1, 0.15) is 54.9 Å². The fourth-order valence-corrected chi connectivity index (χ4v) is 2.10. The molecular formula is C14H25NO3. The van der Waals surface area contributed by atoms with Crippen LogP contribution in [0.15, 0.2) is 11.1 Å². The molecule has 0 bridgehead atoms. The van der Waals surface area contributed by atoms with Crippen LogP contribution in [0, 0.1) is 5.41 Å². The molecule has 2 N–H and O–H groups in total. The number of rotatable bonds is 4. The van der Waals surface area contributed by atoms with Gasteiger partial charge in [0.1, 0.15) is 0 Å². The van der Waals surface area contributed by atoms with Gasteiger partial charge in [0, 0.05) is 16.7 Å². The van der Waals surface area contributed by atoms with E-state index in [0.717, 1.165) is 6.42 Å². The summed E-state index contributed by atoms with van der Waals surface area (Å²) in [7, 11) is 0. The third-order valence-electron chi connectivity index (χ3n) is 2.65. The molecule has 0 aromatic heterocycles. The van der Waals surface area contributed by atoms with E-state index >= 15 is 0 Å². The maximum Gasteiger partial charge on any atom is 0.331 e. The lowest BCUT2D eigenvalue weighted by atomic mass is 9.81. The standard InChI is InChI=1S/C14H25NO3/c1-9(10(2)12(17)18)11(16)15-14(6,7)8-13(3,4)5/h8H2,1-7H3,(H,15,16)(H,17,18). The normalized spacial score (nSPS) is 13.9. The minimum absolute atomic E-state index is 0.0825. The van der Waals surface area contributed by atoms with E-state index in [4.69, 9.17) is 5.11 Å². The van der Waals surface area contributed by atoms with E-state index in [1.807, 2.05) is 13.8 Å². The van der Waals surface area contributed by atoms with E-state index in [1.165, 1.54) is 13.8 Å². The van der Waals surface area contributed by atoms with Gasteiger partial charge in [-0.05, 0) is 39.5 Å². The van der Waals surface area contributed by atoms with Crippen molar-refractivity contribution in [2.75, 3.05) is 0 Å². The molecule has 0 spiro atoms. The predicted octanol–water partition coefficient (Wildman–Crippen LogP) is 2.74. The van der Waals surface area contributed by atoms with Crippen molar-refractivity contribution < 1.29 is 14.7 Å². The summed E-state index contributed by atoms with van der Waals surface area (Å²) in [5, 5.41) is 11.7. The SMILES string of the molecule is CC(C(=O)O)=C(C)C(=O)NC(C)(C)CC(C)(C)C. The molecule has 0 heterocycles. The van der Waals surface area contributed by atoms with Gasteiger partial charge < -0.3 is 10.4 Å². The molecule has 104 valence electrons. The van der Waals surface area contributed by atoms with Gasteiger partial charge >= 0.3 is 5.97 Å². The molecule has 0 saturated carbocycles. The second-order valence-electron chi connectivity index (χ2n) is 6.63. The van der Waals surface area contributed by atoms with Crippen LogP contribution in [0.2, 0.25) is 0 Å². The Morgan fingerprint density at radius 1 is 1.00 bits per heavy atom. The molecule has 0 rings (SSSR count). The number of carboxylic acid groups (broad SMARTS) is 1. The van der Waals surface area contributed by atoms with E-state index in [2.05, 4.69) is 26.1 Å². The second kappa shape index (κ2) is 5.55. The van der Waals surface area contributed by atoms with Crippen LogP contribution in [-0.4, -0.2) is 22.5 Å². The lowest BCUT2D eigenvalue weighted by Gasteiger charge is -2.33. The highest BCUT2D eigenvalue weighted by atomic mass is 16.4. The topological polar surface area (TPSA) is 66.4 Å². The van der Waals surface area contributed by atoms with Crippen LogP contribution in [0.3, 0.4) is 0 Å². The first-order valence-corrected chi connectivity index (χ1v) is 6.09. The number of amides is 1. The zero-order chi connectivity index (χ0) is 14.7. The monoisotopic (exact) mass is 255 g/mol. The molecule has 0 aliphatic carbocycles. The third kappa shape index (κ3) is 5.84. The van der Waals surface area contributed by atoms with Crippen molar-refractivity contribution >= 4 is 11.9 Å². The van der Waals surface area contributed by atoms with E-state index < -0.39 is 5.97 Å². The summed E-state index contributed by atoms with van der Waals surface area (Å²) in [6.45, 7) is 13.2. The summed E-state index contributed by atoms with van der Waals surface area (Å²) in [4.78, 5) is 22.8. The Kier molecular flexibility index (Phi) is 5.14. The average Bonchev–Trinajstić information content (AvgIpc) is 2.10. The second-order valence-corrected chi connectivity index (χ2v) is 6.63. The first-order valence-electron chi connectivity index (χ1n) is 6.09. The maximum absolute atomic E-state index is 12.0. The smallest absolute Gasteiger partial charge is 0.331 e. The summed E-state index contributed by atoms with van der Waals surface area (Å²) in [6, 6.07) is 0. The highest BCUT2D eigenvalue weighted by Crippen LogP contribution is 2.27. The maximum atomic E-state index is 12.0. The first-order chi connectivity index (χ1) is 7.86. The summed E-state index contributed by atoms with van der Waals surface area (Å²) in [6.07, 6.45) is 0.811. The lowest BCUT2D eigenvalue weighted by Crippen LogP contribution is -2.46. The quantitative estimate of drug-likeness (QED) is 0.759. The minimum atomic E-state index is -1.06. The number of carboxylic acids is 1. The van der Waals surface area contributed by atoms with Crippen LogP contribution in [0.25, 0.3) is 0 Å². The highest BCUT2D eigenvalue weighted by Gasteiger charge is 2.27. The van der Waals surface area contributed by atoms with Gasteiger partial charge in [-0.25, -0.2) is 4.79 Å². The molecule has 0 aliphatic heterocycles. The third-order valence-corrected chi connectivity index (χ3v) is 2.65. The molecular weight excluding hydrogens is 230 g/mol. The number of nitrogens with one attached hydrogen (secondary N) is 1. The Morgan fingerprint density at radius 3 is 1.78 bits per heavy atom. The van der Waals surface area contributed by atoms with Gasteiger partial charge in [-0.2, -0.15) is 0 Å². The van der Waals surface area contributed by atoms with Crippen molar-refractivity contribution in [2.45, 2.75) is 60.4 Å². The van der Waals surface area contributed by atoms with Crippen LogP contribution in [0.5, 0.6) is 0 Å². The fourth-order valence-electron chi connectivity index (χ4n) is 2.10. The largest absolute Gasteiger partial charge is 0.478 e. The van der Waals surface area contributed by atoms with Crippen LogP contribution >= 0.6 is 0 Å². The van der Waals surface area contributed by atoms with Gasteiger partial charge in [0.15, 0.2) is 0 Å². The molecule has 4 nitrogen and oxygen atoms in total. The molecule has 18 heavy (non-hydrogen) atoms. The Labute approximate surface area is 109 Å². The van der Waals surface area contributed by atoms with Crippen LogP contribution in [-0.2, 0) is 9.59 Å². The Balaban J connectivity index is 4.87. The first kappa shape index (κ1) is 16.7. The number of aliphatic carboxylic acids is 1. The Bertz CT molecular complexity index is 373. The zero-order valence-electron chi connectivity index (χ0n) is 12.5. The number of carbonyl (C=O) groups excluding carboxylic acids is 1. The zero-order valence-corrected chi connectivity index (χ0v) is 12.5. The molecule has 0 atom stereocenters. The van der Waals surface area contributed by atoms with Gasteiger partial charge in [0.05, 0.1) is 0 Å². The van der Waals surface area contributed by atoms with Crippen molar-refractivity contribution in [3.63, 3.8) is 0 Å². The molecule has 4 heteroatoms. The summed E-state index contributed by atoms with van der Waals surface area (Å²) < 4.78 is 0. The molecule has 0 unspecified atom stereocenters. The number of hydrogen-bond donors (Lipinski definition) is 2. The molecule has 0 fully saturated rings. The highest BCUT2D eigenvalue weighted by molar-refractivity contribution is 6.01. The van der Waals surface area contributed by atoms with Crippen molar-refractivity contribution in [3.05, 3.63) is 11.1 Å². The predicted molar refractivity (Wildman–Crippen MR) is 72.3 cm³/mol. The van der Waals surface area contributed by atoms with Gasteiger partial charge in [-0.3, -0.25) is 4.79 Å². The van der Waals surface area contributed by atoms with Gasteiger partial charge in [0.2, 0.25) is 5.91 Å². The van der Waals surface area contributed by atoms with E-state index in [0.29, 0.717) is 0 Å². The van der Waals surface area contributed by atoms with Crippen molar-refractivity contribution in [1.29, 1.82) is 0 Å². The van der Waals surface area contributed by atoms with Crippen LogP contribution < -0.4 is 5.32 Å².